The summed E-state index contributed by atoms with van der Waals surface area (Å²) in [7, 11) is 0. The lowest BCUT2D eigenvalue weighted by atomic mass is 10.00. The van der Waals surface area contributed by atoms with Gasteiger partial charge in [0, 0.05) is 65.9 Å². The fourth-order valence-electron chi connectivity index (χ4n) is 4.06. The normalized spacial score (nSPS) is 16.6. The Balaban J connectivity index is 1.83. The van der Waals surface area contributed by atoms with Crippen LogP contribution in [0.3, 0.4) is 0 Å². The Morgan fingerprint density at radius 2 is 1.80 bits per heavy atom. The third-order valence-corrected chi connectivity index (χ3v) is 5.75. The molecule has 1 aliphatic heterocycles. The minimum Gasteiger partial charge on any atom is -0.350 e. The highest BCUT2D eigenvalue weighted by atomic mass is 35.5. The van der Waals surface area contributed by atoms with Crippen molar-refractivity contribution in [2.45, 2.75) is 25.6 Å². The maximum Gasteiger partial charge on any atom is 0.273 e. The second-order valence-electron chi connectivity index (χ2n) is 7.20. The molecular formula is C21H19ClN4O4. The Bertz CT molecular complexity index is 1110. The maximum atomic E-state index is 11.5. The number of para-hydroxylation sites is 1. The zero-order chi connectivity index (χ0) is 21.3. The van der Waals surface area contributed by atoms with E-state index < -0.39 is 4.92 Å². The molecule has 0 unspecified atom stereocenters. The average Bonchev–Trinajstić information content (AvgIpc) is 3.11. The second-order valence-corrected chi connectivity index (χ2v) is 7.61. The fourth-order valence-corrected chi connectivity index (χ4v) is 4.28. The van der Waals surface area contributed by atoms with E-state index in [1.54, 1.807) is 18.2 Å². The Morgan fingerprint density at radius 3 is 2.57 bits per heavy atom. The molecule has 2 aromatic carbocycles. The van der Waals surface area contributed by atoms with Gasteiger partial charge in [0.25, 0.3) is 11.4 Å². The monoisotopic (exact) mass is 426 g/mol. The Kier molecular flexibility index (Phi) is 5.52. The number of nitro groups is 2. The van der Waals surface area contributed by atoms with Crippen LogP contribution in [0, 0.1) is 20.2 Å². The van der Waals surface area contributed by atoms with Crippen LogP contribution in [0.25, 0.3) is 0 Å². The van der Waals surface area contributed by atoms with Crippen molar-refractivity contribution < 1.29 is 9.85 Å². The summed E-state index contributed by atoms with van der Waals surface area (Å²) >= 11 is 6.50. The Labute approximate surface area is 177 Å². The molecule has 0 spiro atoms. The third-order valence-electron chi connectivity index (χ3n) is 5.40. The highest BCUT2D eigenvalue weighted by molar-refractivity contribution is 6.31. The zero-order valence-corrected chi connectivity index (χ0v) is 16.7. The number of non-ortho nitro benzene ring substituents is 1. The van der Waals surface area contributed by atoms with E-state index in [0.29, 0.717) is 29.2 Å². The zero-order valence-electron chi connectivity index (χ0n) is 16.0. The van der Waals surface area contributed by atoms with Gasteiger partial charge in [-0.2, -0.15) is 0 Å². The van der Waals surface area contributed by atoms with Crippen molar-refractivity contribution in [1.82, 2.24) is 9.47 Å². The van der Waals surface area contributed by atoms with Gasteiger partial charge < -0.3 is 4.57 Å². The maximum absolute atomic E-state index is 11.5. The van der Waals surface area contributed by atoms with E-state index in [0.717, 1.165) is 18.7 Å². The van der Waals surface area contributed by atoms with Gasteiger partial charge in [-0.15, -0.1) is 0 Å². The molecule has 0 saturated carbocycles. The van der Waals surface area contributed by atoms with Gasteiger partial charge in [-0.05, 0) is 24.6 Å². The van der Waals surface area contributed by atoms with Crippen molar-refractivity contribution >= 4 is 23.0 Å². The number of halogens is 1. The van der Waals surface area contributed by atoms with Crippen LogP contribution in [0.2, 0.25) is 5.02 Å². The van der Waals surface area contributed by atoms with Crippen molar-refractivity contribution in [2.24, 2.45) is 0 Å². The molecule has 8 nitrogen and oxygen atoms in total. The van der Waals surface area contributed by atoms with Gasteiger partial charge >= 0.3 is 0 Å². The number of fused-ring (bicyclic) bond motifs is 1. The predicted molar refractivity (Wildman–Crippen MR) is 113 cm³/mol. The smallest absolute Gasteiger partial charge is 0.273 e. The van der Waals surface area contributed by atoms with E-state index in [1.807, 2.05) is 18.3 Å². The van der Waals surface area contributed by atoms with Crippen molar-refractivity contribution in [1.29, 1.82) is 0 Å². The summed E-state index contributed by atoms with van der Waals surface area (Å²) in [6, 6.07) is 14.6. The molecule has 1 aliphatic rings. The van der Waals surface area contributed by atoms with E-state index in [-0.39, 0.29) is 22.3 Å². The molecule has 0 aliphatic carbocycles. The lowest BCUT2D eigenvalue weighted by molar-refractivity contribution is -0.385. The standard InChI is InChI=1S/C21H19ClN4O4/c22-18-9-8-16(25(27)28)13-17(18)21-20-7-3-10-23(20)11-4-12-24(21)14-15-5-1-2-6-19(15)26(29)30/h1-3,5-10,13,21H,4,11-12,14H2/t21-/m0/s1. The summed E-state index contributed by atoms with van der Waals surface area (Å²) in [5.74, 6) is 0. The van der Waals surface area contributed by atoms with E-state index in [1.165, 1.54) is 24.3 Å². The molecule has 0 fully saturated rings. The summed E-state index contributed by atoms with van der Waals surface area (Å²) in [5.41, 5.74) is 2.18. The van der Waals surface area contributed by atoms with Gasteiger partial charge in [-0.25, -0.2) is 0 Å². The Hall–Kier alpha value is -3.23. The van der Waals surface area contributed by atoms with E-state index >= 15 is 0 Å². The van der Waals surface area contributed by atoms with Gasteiger partial charge in [0.05, 0.1) is 15.9 Å². The number of nitro benzene ring substituents is 2. The third kappa shape index (κ3) is 3.79. The van der Waals surface area contributed by atoms with Gasteiger partial charge in [0.15, 0.2) is 0 Å². The van der Waals surface area contributed by atoms with Crippen LogP contribution < -0.4 is 0 Å². The van der Waals surface area contributed by atoms with Crippen LogP contribution in [-0.4, -0.2) is 25.9 Å². The quantitative estimate of drug-likeness (QED) is 0.424. The summed E-state index contributed by atoms with van der Waals surface area (Å²) in [6.07, 6.45) is 2.81. The molecule has 2 heterocycles. The lowest BCUT2D eigenvalue weighted by Crippen LogP contribution is -2.30. The van der Waals surface area contributed by atoms with Gasteiger partial charge in [-0.3, -0.25) is 25.1 Å². The predicted octanol–water partition coefficient (Wildman–Crippen LogP) is 4.95. The van der Waals surface area contributed by atoms with Crippen molar-refractivity contribution in [2.75, 3.05) is 6.54 Å². The van der Waals surface area contributed by atoms with Crippen molar-refractivity contribution in [3.05, 3.63) is 103 Å². The molecule has 1 aromatic heterocycles. The highest BCUT2D eigenvalue weighted by Gasteiger charge is 2.31. The molecule has 1 atom stereocenters. The molecule has 0 amide bonds. The molecule has 30 heavy (non-hydrogen) atoms. The topological polar surface area (TPSA) is 94.5 Å². The van der Waals surface area contributed by atoms with Gasteiger partial charge in [0.2, 0.25) is 0 Å². The van der Waals surface area contributed by atoms with E-state index in [9.17, 15) is 20.2 Å². The van der Waals surface area contributed by atoms with Gasteiger partial charge in [-0.1, -0.05) is 29.8 Å². The summed E-state index contributed by atoms with van der Waals surface area (Å²) < 4.78 is 2.11. The van der Waals surface area contributed by atoms with Crippen LogP contribution >= 0.6 is 11.6 Å². The lowest BCUT2D eigenvalue weighted by Gasteiger charge is -2.31. The number of nitrogens with zero attached hydrogens (tertiary/aromatic N) is 4. The summed E-state index contributed by atoms with van der Waals surface area (Å²) in [6.45, 7) is 1.78. The van der Waals surface area contributed by atoms with Crippen LogP contribution in [0.5, 0.6) is 0 Å². The molecule has 3 aromatic rings. The molecular weight excluding hydrogens is 408 g/mol. The first kappa shape index (κ1) is 20.1. The fraction of sp³-hybridized carbons (Fsp3) is 0.238. The van der Waals surface area contributed by atoms with E-state index in [4.69, 9.17) is 11.6 Å². The number of hydrogen-bond donors (Lipinski definition) is 0. The molecule has 0 saturated heterocycles. The first-order valence-corrected chi connectivity index (χ1v) is 9.88. The average molecular weight is 427 g/mol. The minimum atomic E-state index is -0.443. The molecule has 9 heteroatoms. The van der Waals surface area contributed by atoms with E-state index in [2.05, 4.69) is 9.47 Å². The highest BCUT2D eigenvalue weighted by Crippen LogP contribution is 2.38. The molecule has 0 bridgehead atoms. The van der Waals surface area contributed by atoms with Crippen molar-refractivity contribution in [3.8, 4) is 0 Å². The Morgan fingerprint density at radius 1 is 1.00 bits per heavy atom. The van der Waals surface area contributed by atoms with Crippen LogP contribution in [-0.2, 0) is 13.1 Å². The largest absolute Gasteiger partial charge is 0.350 e. The van der Waals surface area contributed by atoms with Crippen molar-refractivity contribution in [3.63, 3.8) is 0 Å². The summed E-state index contributed by atoms with van der Waals surface area (Å²) in [5, 5.41) is 23.3. The first-order chi connectivity index (χ1) is 14.5. The number of aromatic nitrogens is 1. The molecule has 0 N–H and O–H groups in total. The van der Waals surface area contributed by atoms with Crippen LogP contribution in [0.1, 0.15) is 29.3 Å². The van der Waals surface area contributed by atoms with Crippen LogP contribution in [0.4, 0.5) is 11.4 Å². The molecule has 154 valence electrons. The minimum absolute atomic E-state index is 0.0394. The van der Waals surface area contributed by atoms with Crippen LogP contribution in [0.15, 0.2) is 60.8 Å². The first-order valence-electron chi connectivity index (χ1n) is 9.51. The molecule has 4 rings (SSSR count). The number of rotatable bonds is 5. The van der Waals surface area contributed by atoms with Gasteiger partial charge in [0.1, 0.15) is 0 Å². The number of aryl methyl sites for hydroxylation is 1. The summed E-state index contributed by atoms with van der Waals surface area (Å²) in [4.78, 5) is 24.1. The molecule has 0 radical (unpaired) electrons. The number of hydrogen-bond acceptors (Lipinski definition) is 5. The number of benzene rings is 2. The SMILES string of the molecule is O=[N+]([O-])c1ccc(Cl)c([C@H]2c3cccn3CCCN2Cc2ccccc2[N+](=O)[O-])c1. The second kappa shape index (κ2) is 8.25.